The smallest absolute Gasteiger partial charge is 0.140 e. The van der Waals surface area contributed by atoms with E-state index in [1.54, 1.807) is 12.5 Å². The first-order valence-corrected chi connectivity index (χ1v) is 16.8. The van der Waals surface area contributed by atoms with Crippen LogP contribution in [0.3, 0.4) is 0 Å². The van der Waals surface area contributed by atoms with Crippen LogP contribution in [0, 0.1) is 0 Å². The maximum atomic E-state index is 5.69. The minimum atomic E-state index is -0.224. The predicted octanol–water partition coefficient (Wildman–Crippen LogP) is 2.05. The fraction of sp³-hybridized carbons (Fsp3) is 1.00. The first-order valence-electron chi connectivity index (χ1n) is 7.46. The average Bonchev–Trinajstić information content (AvgIpc) is 2.35. The van der Waals surface area contributed by atoms with Crippen molar-refractivity contribution in [1.82, 2.24) is 0 Å². The van der Waals surface area contributed by atoms with Crippen LogP contribution in [0.1, 0.15) is 58.8 Å². The Morgan fingerprint density at radius 1 is 1.19 bits per heavy atom. The zero-order chi connectivity index (χ0) is 11.6. The molecule has 16 heavy (non-hydrogen) atoms. The van der Waals surface area contributed by atoms with Gasteiger partial charge in [-0.1, -0.05) is 64.3 Å². The summed E-state index contributed by atoms with van der Waals surface area (Å²) in [6.07, 6.45) is 10.4. The molecule has 1 aliphatic heterocycles. The standard InChI is InChI=1S/C12H30OSi3/c1-3-5-6-7-8-9-12(4-2)16-11-10-13-14-15-16/h12,16H,3-11,14-15H2,1-2H3. The Kier molecular flexibility index (Phi) is 8.82. The van der Waals surface area contributed by atoms with Crippen LogP contribution in [0.25, 0.3) is 0 Å². The molecule has 0 amide bonds. The van der Waals surface area contributed by atoms with Crippen molar-refractivity contribution in [1.29, 1.82) is 0 Å². The minimum absolute atomic E-state index is 0.0730. The Morgan fingerprint density at radius 3 is 2.62 bits per heavy atom. The normalized spacial score (nSPS) is 26.2. The lowest BCUT2D eigenvalue weighted by atomic mass is 10.1. The van der Waals surface area contributed by atoms with Gasteiger partial charge < -0.3 is 4.43 Å². The highest BCUT2D eigenvalue weighted by Gasteiger charge is 2.24. The third-order valence-corrected chi connectivity index (χ3v) is 24.6. The molecule has 0 aliphatic carbocycles. The Labute approximate surface area is 108 Å². The first kappa shape index (κ1) is 14.7. The van der Waals surface area contributed by atoms with E-state index in [1.807, 2.05) is 0 Å². The van der Waals surface area contributed by atoms with Gasteiger partial charge in [0, 0.05) is 23.5 Å². The summed E-state index contributed by atoms with van der Waals surface area (Å²) >= 11 is 0. The van der Waals surface area contributed by atoms with Gasteiger partial charge in [0.05, 0.1) is 0 Å². The van der Waals surface area contributed by atoms with E-state index in [2.05, 4.69) is 13.8 Å². The first-order chi connectivity index (χ1) is 7.88. The van der Waals surface area contributed by atoms with Crippen molar-refractivity contribution in [3.63, 3.8) is 0 Å². The summed E-state index contributed by atoms with van der Waals surface area (Å²) in [6, 6.07) is 1.55. The molecule has 2 unspecified atom stereocenters. The van der Waals surface area contributed by atoms with Crippen LogP contribution in [0.5, 0.6) is 0 Å². The summed E-state index contributed by atoms with van der Waals surface area (Å²) in [5, 5.41) is 0. The minimum Gasteiger partial charge on any atom is -0.428 e. The Bertz CT molecular complexity index is 160. The quantitative estimate of drug-likeness (QED) is 0.486. The zero-order valence-electron chi connectivity index (χ0n) is 11.3. The number of rotatable bonds is 8. The molecule has 0 bridgehead atoms. The van der Waals surface area contributed by atoms with E-state index in [0.29, 0.717) is 8.55 Å². The molecule has 2 atom stereocenters. The van der Waals surface area contributed by atoms with Crippen LogP contribution in [0.4, 0.5) is 0 Å². The Morgan fingerprint density at radius 2 is 2.00 bits per heavy atom. The van der Waals surface area contributed by atoms with E-state index in [4.69, 9.17) is 4.43 Å². The SMILES string of the molecule is CCCCCCCC(CC)[SiH]1CCO[SiH2][SiH2]1. The lowest BCUT2D eigenvalue weighted by molar-refractivity contribution is 0.365. The summed E-state index contributed by atoms with van der Waals surface area (Å²) in [7, 11) is 0.224. The van der Waals surface area contributed by atoms with Crippen molar-refractivity contribution in [3.05, 3.63) is 0 Å². The highest BCUT2D eigenvalue weighted by Crippen LogP contribution is 2.26. The third-order valence-electron chi connectivity index (χ3n) is 4.14. The van der Waals surface area contributed by atoms with E-state index >= 15 is 0 Å². The van der Waals surface area contributed by atoms with Crippen molar-refractivity contribution in [3.8, 4) is 0 Å². The maximum absolute atomic E-state index is 5.69. The molecular weight excluding hydrogens is 244 g/mol. The van der Waals surface area contributed by atoms with E-state index in [0.717, 1.165) is 0 Å². The molecule has 0 aromatic carbocycles. The lowest BCUT2D eigenvalue weighted by Crippen LogP contribution is -2.39. The third kappa shape index (κ3) is 5.80. The predicted molar refractivity (Wildman–Crippen MR) is 82.4 cm³/mol. The van der Waals surface area contributed by atoms with Crippen LogP contribution in [-0.2, 0) is 4.43 Å². The van der Waals surface area contributed by atoms with Crippen molar-refractivity contribution in [2.24, 2.45) is 0 Å². The Hall–Kier alpha value is 0.611. The van der Waals surface area contributed by atoms with Gasteiger partial charge in [0.1, 0.15) is 9.28 Å². The zero-order valence-corrected chi connectivity index (χ0v) is 15.3. The van der Waals surface area contributed by atoms with Gasteiger partial charge in [-0.05, 0) is 6.04 Å². The van der Waals surface area contributed by atoms with Crippen LogP contribution in [-0.4, -0.2) is 32.8 Å². The van der Waals surface area contributed by atoms with Gasteiger partial charge in [-0.2, -0.15) is 0 Å². The monoisotopic (exact) mass is 274 g/mol. The maximum Gasteiger partial charge on any atom is 0.140 e. The second-order valence-electron chi connectivity index (χ2n) is 5.32. The van der Waals surface area contributed by atoms with Gasteiger partial charge in [0.25, 0.3) is 0 Å². The van der Waals surface area contributed by atoms with Crippen molar-refractivity contribution >= 4 is 26.1 Å². The average molecular weight is 275 g/mol. The molecule has 1 rings (SSSR count). The van der Waals surface area contributed by atoms with E-state index in [-0.39, 0.29) is 17.6 Å². The van der Waals surface area contributed by atoms with Gasteiger partial charge in [-0.15, -0.1) is 0 Å². The van der Waals surface area contributed by atoms with Gasteiger partial charge in [0.2, 0.25) is 0 Å². The van der Waals surface area contributed by atoms with E-state index in [1.165, 1.54) is 50.7 Å². The summed E-state index contributed by atoms with van der Waals surface area (Å²) in [5.41, 5.74) is 1.21. The molecule has 1 aliphatic rings. The molecule has 0 N–H and O–H groups in total. The van der Waals surface area contributed by atoms with Crippen molar-refractivity contribution in [2.75, 3.05) is 6.61 Å². The highest BCUT2D eigenvalue weighted by atomic mass is 29.5. The molecule has 1 nitrogen and oxygen atoms in total. The molecule has 0 spiro atoms. The molecule has 0 radical (unpaired) electrons. The van der Waals surface area contributed by atoms with Crippen molar-refractivity contribution < 1.29 is 4.43 Å². The van der Waals surface area contributed by atoms with Crippen LogP contribution < -0.4 is 0 Å². The second kappa shape index (κ2) is 9.62. The molecule has 1 fully saturated rings. The van der Waals surface area contributed by atoms with E-state index in [9.17, 15) is 0 Å². The van der Waals surface area contributed by atoms with Crippen molar-refractivity contribution in [2.45, 2.75) is 70.4 Å². The summed E-state index contributed by atoms with van der Waals surface area (Å²) < 4.78 is 5.69. The fourth-order valence-corrected chi connectivity index (χ4v) is 24.8. The van der Waals surface area contributed by atoms with Crippen LogP contribution in [0.2, 0.25) is 11.6 Å². The topological polar surface area (TPSA) is 9.23 Å². The number of unbranched alkanes of at least 4 members (excludes halogenated alkanes) is 4. The molecular formula is C12H30OSi3. The molecule has 1 heterocycles. The number of hydrogen-bond acceptors (Lipinski definition) is 1. The summed E-state index contributed by atoms with van der Waals surface area (Å²) in [4.78, 5) is 0. The lowest BCUT2D eigenvalue weighted by Gasteiger charge is -2.28. The highest BCUT2D eigenvalue weighted by molar-refractivity contribution is 7.35. The molecule has 4 heteroatoms. The van der Waals surface area contributed by atoms with Gasteiger partial charge >= 0.3 is 0 Å². The Balaban J connectivity index is 2.10. The summed E-state index contributed by atoms with van der Waals surface area (Å²) in [5.74, 6) is 0. The fourth-order valence-electron chi connectivity index (χ4n) is 2.97. The number of hydrogen-bond donors (Lipinski definition) is 0. The van der Waals surface area contributed by atoms with Crippen LogP contribution in [0.15, 0.2) is 0 Å². The largest absolute Gasteiger partial charge is 0.428 e. The van der Waals surface area contributed by atoms with E-state index < -0.39 is 0 Å². The summed E-state index contributed by atoms with van der Waals surface area (Å²) in [6.45, 7) is 5.91. The van der Waals surface area contributed by atoms with Gasteiger partial charge in [0.15, 0.2) is 0 Å². The molecule has 96 valence electrons. The molecule has 0 aromatic rings. The molecule has 0 saturated carbocycles. The van der Waals surface area contributed by atoms with Gasteiger partial charge in [-0.3, -0.25) is 0 Å². The second-order valence-corrected chi connectivity index (χ2v) is 21.1. The van der Waals surface area contributed by atoms with Gasteiger partial charge in [-0.25, -0.2) is 0 Å². The molecule has 0 aromatic heterocycles. The molecule has 1 saturated heterocycles. The van der Waals surface area contributed by atoms with Crippen LogP contribution >= 0.6 is 0 Å².